The molecule has 1 aliphatic heterocycles. The van der Waals surface area contributed by atoms with Crippen LogP contribution in [-0.4, -0.2) is 26.4 Å². The molecular formula is C23H21F3N4O. The maximum Gasteiger partial charge on any atom is 0.416 e. The van der Waals surface area contributed by atoms with Crippen molar-refractivity contribution in [3.05, 3.63) is 81.2 Å². The zero-order valence-electron chi connectivity index (χ0n) is 16.7. The first-order valence-corrected chi connectivity index (χ1v) is 10.3. The van der Waals surface area contributed by atoms with Crippen molar-refractivity contribution in [2.24, 2.45) is 0 Å². The summed E-state index contributed by atoms with van der Waals surface area (Å²) in [5.74, 6) is 1.26. The van der Waals surface area contributed by atoms with Crippen molar-refractivity contribution >= 4 is 0 Å². The smallest absolute Gasteiger partial charge is 0.310 e. The van der Waals surface area contributed by atoms with Gasteiger partial charge in [-0.2, -0.15) is 13.2 Å². The second-order valence-electron chi connectivity index (χ2n) is 8.24. The van der Waals surface area contributed by atoms with Gasteiger partial charge in [-0.3, -0.25) is 14.7 Å². The maximum absolute atomic E-state index is 12.7. The van der Waals surface area contributed by atoms with Crippen LogP contribution in [0.5, 0.6) is 0 Å². The summed E-state index contributed by atoms with van der Waals surface area (Å²) in [6.45, 7) is 2.00. The van der Waals surface area contributed by atoms with Crippen LogP contribution in [0.25, 0.3) is 11.3 Å². The van der Waals surface area contributed by atoms with Gasteiger partial charge in [0, 0.05) is 43.7 Å². The summed E-state index contributed by atoms with van der Waals surface area (Å²) in [5.41, 5.74) is 3.19. The van der Waals surface area contributed by atoms with E-state index in [2.05, 4.69) is 19.9 Å². The molecule has 0 radical (unpaired) electrons. The lowest BCUT2D eigenvalue weighted by atomic mass is 10.1. The molecule has 3 aromatic rings. The average molecular weight is 426 g/mol. The zero-order valence-corrected chi connectivity index (χ0v) is 16.7. The van der Waals surface area contributed by atoms with E-state index in [0.717, 1.165) is 60.6 Å². The van der Waals surface area contributed by atoms with Gasteiger partial charge in [-0.25, -0.2) is 4.98 Å². The number of aromatic nitrogens is 3. The molecule has 2 aliphatic rings. The largest absolute Gasteiger partial charge is 0.416 e. The molecule has 1 fully saturated rings. The number of H-pyrrole nitrogens is 1. The third-order valence-corrected chi connectivity index (χ3v) is 5.87. The highest BCUT2D eigenvalue weighted by molar-refractivity contribution is 5.59. The van der Waals surface area contributed by atoms with E-state index in [-0.39, 0.29) is 5.56 Å². The fourth-order valence-corrected chi connectivity index (χ4v) is 3.96. The lowest BCUT2D eigenvalue weighted by Crippen LogP contribution is -2.35. The van der Waals surface area contributed by atoms with Crippen molar-refractivity contribution in [2.75, 3.05) is 6.54 Å². The molecule has 2 aromatic heterocycles. The van der Waals surface area contributed by atoms with Gasteiger partial charge < -0.3 is 4.98 Å². The van der Waals surface area contributed by atoms with Gasteiger partial charge in [0.25, 0.3) is 5.56 Å². The van der Waals surface area contributed by atoms with E-state index in [1.165, 1.54) is 12.1 Å². The molecule has 0 amide bonds. The molecule has 0 atom stereocenters. The molecule has 5 nitrogen and oxygen atoms in total. The van der Waals surface area contributed by atoms with Gasteiger partial charge in [0.1, 0.15) is 5.82 Å². The highest BCUT2D eigenvalue weighted by atomic mass is 19.4. The molecule has 5 rings (SSSR count). The standard InChI is InChI=1S/C23H21F3N4O/c24-23(25,26)17-6-4-15(5-7-17)19-8-1-14(11-27-19)12-30-10-9-20-18(13-30)22(31)29-21(28-20)16-2-3-16/h1,4-8,11,16H,2-3,9-10,12-13H2,(H,28,29,31). The summed E-state index contributed by atoms with van der Waals surface area (Å²) in [5, 5.41) is 0. The van der Waals surface area contributed by atoms with Gasteiger partial charge in [0.2, 0.25) is 0 Å². The Morgan fingerprint density at radius 2 is 1.87 bits per heavy atom. The number of halogens is 3. The minimum Gasteiger partial charge on any atom is -0.310 e. The Morgan fingerprint density at radius 3 is 2.52 bits per heavy atom. The summed E-state index contributed by atoms with van der Waals surface area (Å²) < 4.78 is 38.2. The van der Waals surface area contributed by atoms with Gasteiger partial charge >= 0.3 is 6.18 Å². The highest BCUT2D eigenvalue weighted by Gasteiger charge is 2.30. The van der Waals surface area contributed by atoms with E-state index >= 15 is 0 Å². The molecule has 31 heavy (non-hydrogen) atoms. The number of nitrogens with zero attached hydrogens (tertiary/aromatic N) is 3. The molecule has 8 heteroatoms. The van der Waals surface area contributed by atoms with E-state index in [4.69, 9.17) is 0 Å². The second-order valence-corrected chi connectivity index (χ2v) is 8.24. The van der Waals surface area contributed by atoms with Crippen LogP contribution in [0.15, 0.2) is 47.4 Å². The van der Waals surface area contributed by atoms with E-state index in [1.54, 1.807) is 6.20 Å². The number of alkyl halides is 3. The summed E-state index contributed by atoms with van der Waals surface area (Å²) in [6.07, 6.45) is 0.337. The monoisotopic (exact) mass is 426 g/mol. The quantitative estimate of drug-likeness (QED) is 0.676. The normalized spacial score (nSPS) is 16.9. The third kappa shape index (κ3) is 4.25. The first-order chi connectivity index (χ1) is 14.9. The van der Waals surface area contributed by atoms with Crippen molar-refractivity contribution in [3.63, 3.8) is 0 Å². The Balaban J connectivity index is 1.27. The average Bonchev–Trinajstić information content (AvgIpc) is 3.60. The predicted octanol–water partition coefficient (Wildman–Crippen LogP) is 4.29. The predicted molar refractivity (Wildman–Crippen MR) is 109 cm³/mol. The number of benzene rings is 1. The summed E-state index contributed by atoms with van der Waals surface area (Å²) in [6, 6.07) is 8.73. The first kappa shape index (κ1) is 19.9. The molecule has 1 saturated carbocycles. The summed E-state index contributed by atoms with van der Waals surface area (Å²) >= 11 is 0. The van der Waals surface area contributed by atoms with Crippen LogP contribution in [0, 0.1) is 0 Å². The molecule has 0 unspecified atom stereocenters. The first-order valence-electron chi connectivity index (χ1n) is 10.3. The fourth-order valence-electron chi connectivity index (χ4n) is 3.96. The minimum atomic E-state index is -4.35. The molecule has 160 valence electrons. The van der Waals surface area contributed by atoms with Gasteiger partial charge in [0.05, 0.1) is 22.5 Å². The van der Waals surface area contributed by atoms with Crippen LogP contribution in [0.2, 0.25) is 0 Å². The van der Waals surface area contributed by atoms with Gasteiger partial charge in [-0.1, -0.05) is 18.2 Å². The molecular weight excluding hydrogens is 405 g/mol. The van der Waals surface area contributed by atoms with Gasteiger partial charge in [-0.05, 0) is 36.6 Å². The molecule has 1 aromatic carbocycles. The van der Waals surface area contributed by atoms with Crippen LogP contribution in [0.1, 0.15) is 47.0 Å². The van der Waals surface area contributed by atoms with Crippen molar-refractivity contribution in [3.8, 4) is 11.3 Å². The minimum absolute atomic E-state index is 0.0348. The Kier molecular flexibility index (Phi) is 4.89. The molecule has 0 spiro atoms. The van der Waals surface area contributed by atoms with E-state index in [1.807, 2.05) is 12.1 Å². The SMILES string of the molecule is O=c1[nH]c(C2CC2)nc2c1CN(Cc1ccc(-c3ccc(C(F)(F)F)cc3)nc1)CC2. The highest BCUT2D eigenvalue weighted by Crippen LogP contribution is 2.38. The van der Waals surface area contributed by atoms with E-state index in [9.17, 15) is 18.0 Å². The number of nitrogens with one attached hydrogen (secondary N) is 1. The van der Waals surface area contributed by atoms with Crippen LogP contribution < -0.4 is 5.56 Å². The van der Waals surface area contributed by atoms with Crippen LogP contribution in [-0.2, 0) is 25.7 Å². The Labute approximate surface area is 177 Å². The van der Waals surface area contributed by atoms with E-state index < -0.39 is 11.7 Å². The molecule has 0 saturated heterocycles. The number of hydrogen-bond acceptors (Lipinski definition) is 4. The number of pyridine rings is 1. The lowest BCUT2D eigenvalue weighted by molar-refractivity contribution is -0.137. The molecule has 1 aliphatic carbocycles. The fraction of sp³-hybridized carbons (Fsp3) is 0.348. The van der Waals surface area contributed by atoms with Gasteiger partial charge in [-0.15, -0.1) is 0 Å². The molecule has 3 heterocycles. The van der Waals surface area contributed by atoms with Gasteiger partial charge in [0.15, 0.2) is 0 Å². The van der Waals surface area contributed by atoms with Crippen LogP contribution in [0.4, 0.5) is 13.2 Å². The van der Waals surface area contributed by atoms with Crippen molar-refractivity contribution in [1.82, 2.24) is 19.9 Å². The Morgan fingerprint density at radius 1 is 1.10 bits per heavy atom. The van der Waals surface area contributed by atoms with Crippen LogP contribution in [0.3, 0.4) is 0 Å². The van der Waals surface area contributed by atoms with E-state index in [0.29, 0.717) is 30.3 Å². The van der Waals surface area contributed by atoms with Crippen molar-refractivity contribution in [2.45, 2.75) is 44.4 Å². The number of aromatic amines is 1. The second kappa shape index (κ2) is 7.60. The zero-order chi connectivity index (χ0) is 21.6. The maximum atomic E-state index is 12.7. The number of hydrogen-bond donors (Lipinski definition) is 1. The number of fused-ring (bicyclic) bond motifs is 1. The summed E-state index contributed by atoms with van der Waals surface area (Å²) in [7, 11) is 0. The lowest BCUT2D eigenvalue weighted by Gasteiger charge is -2.27. The topological polar surface area (TPSA) is 61.9 Å². The molecule has 1 N–H and O–H groups in total. The third-order valence-electron chi connectivity index (χ3n) is 5.87. The van der Waals surface area contributed by atoms with Crippen molar-refractivity contribution < 1.29 is 13.2 Å². The summed E-state index contributed by atoms with van der Waals surface area (Å²) in [4.78, 5) is 26.7. The Bertz CT molecular complexity index is 1150. The molecule has 0 bridgehead atoms. The van der Waals surface area contributed by atoms with Crippen LogP contribution >= 0.6 is 0 Å². The van der Waals surface area contributed by atoms with Crippen molar-refractivity contribution in [1.29, 1.82) is 0 Å². The number of rotatable bonds is 4. The Hall–Kier alpha value is -3.00.